The maximum absolute atomic E-state index is 12.5. The summed E-state index contributed by atoms with van der Waals surface area (Å²) in [6.45, 7) is 2.36. The van der Waals surface area contributed by atoms with Crippen molar-refractivity contribution >= 4 is 40.6 Å². The fourth-order valence-electron chi connectivity index (χ4n) is 2.67. The second-order valence-corrected chi connectivity index (χ2v) is 7.83. The van der Waals surface area contributed by atoms with Crippen LogP contribution < -0.4 is 10.6 Å². The van der Waals surface area contributed by atoms with Gasteiger partial charge in [-0.3, -0.25) is 9.59 Å². The minimum atomic E-state index is -0.179. The number of thiazole rings is 1. The summed E-state index contributed by atoms with van der Waals surface area (Å²) in [5.41, 5.74) is 4.50. The molecule has 4 rings (SSSR count). The van der Waals surface area contributed by atoms with E-state index >= 15 is 0 Å². The van der Waals surface area contributed by atoms with Crippen LogP contribution in [-0.4, -0.2) is 16.8 Å². The van der Waals surface area contributed by atoms with Crippen LogP contribution in [0.15, 0.2) is 57.8 Å². The predicted molar refractivity (Wildman–Crippen MR) is 103 cm³/mol. The SMILES string of the molecule is Cc1ncsc1CNC(=O)c1ccc2c(c1)NC(=O)c1ccccc1S2. The third kappa shape index (κ3) is 3.23. The maximum atomic E-state index is 12.5. The predicted octanol–water partition coefficient (Wildman–Crippen LogP) is 4.10. The van der Waals surface area contributed by atoms with E-state index in [1.165, 1.54) is 23.1 Å². The number of anilines is 1. The van der Waals surface area contributed by atoms with Crippen LogP contribution in [0.25, 0.3) is 0 Å². The Hall–Kier alpha value is -2.64. The highest BCUT2D eigenvalue weighted by molar-refractivity contribution is 7.99. The smallest absolute Gasteiger partial charge is 0.256 e. The van der Waals surface area contributed by atoms with E-state index in [9.17, 15) is 9.59 Å². The summed E-state index contributed by atoms with van der Waals surface area (Å²) in [4.78, 5) is 31.9. The summed E-state index contributed by atoms with van der Waals surface area (Å²) >= 11 is 3.04. The molecule has 0 atom stereocenters. The molecular weight excluding hydrogens is 366 g/mol. The number of amides is 2. The van der Waals surface area contributed by atoms with Crippen LogP contribution in [0.4, 0.5) is 5.69 Å². The normalized spacial score (nSPS) is 12.6. The van der Waals surface area contributed by atoms with E-state index in [-0.39, 0.29) is 11.8 Å². The minimum Gasteiger partial charge on any atom is -0.347 e. The number of hydrogen-bond acceptors (Lipinski definition) is 5. The average molecular weight is 381 g/mol. The molecule has 0 spiro atoms. The summed E-state index contributed by atoms with van der Waals surface area (Å²) in [5.74, 6) is -0.341. The summed E-state index contributed by atoms with van der Waals surface area (Å²) in [6.07, 6.45) is 0. The van der Waals surface area contributed by atoms with E-state index in [1.54, 1.807) is 23.7 Å². The molecule has 0 bridgehead atoms. The first-order valence-corrected chi connectivity index (χ1v) is 9.71. The van der Waals surface area contributed by atoms with Gasteiger partial charge in [0, 0.05) is 20.2 Å². The highest BCUT2D eigenvalue weighted by atomic mass is 32.2. The fourth-order valence-corrected chi connectivity index (χ4v) is 4.39. The molecular formula is C19H15N3O2S2. The van der Waals surface area contributed by atoms with Crippen molar-refractivity contribution in [1.82, 2.24) is 10.3 Å². The Morgan fingerprint density at radius 2 is 2.04 bits per heavy atom. The van der Waals surface area contributed by atoms with E-state index in [0.29, 0.717) is 23.4 Å². The molecule has 2 aromatic carbocycles. The van der Waals surface area contributed by atoms with E-state index in [0.717, 1.165) is 20.4 Å². The first-order valence-electron chi connectivity index (χ1n) is 8.01. The summed E-state index contributed by atoms with van der Waals surface area (Å²) in [5, 5.41) is 5.81. The molecule has 130 valence electrons. The Bertz CT molecular complexity index is 1010. The molecule has 2 N–H and O–H groups in total. The second-order valence-electron chi connectivity index (χ2n) is 5.81. The highest BCUT2D eigenvalue weighted by Crippen LogP contribution is 2.38. The molecule has 0 saturated carbocycles. The van der Waals surface area contributed by atoms with Crippen LogP contribution >= 0.6 is 23.1 Å². The lowest BCUT2D eigenvalue weighted by Crippen LogP contribution is -2.23. The van der Waals surface area contributed by atoms with E-state index < -0.39 is 0 Å². The van der Waals surface area contributed by atoms with Crippen LogP contribution in [0.3, 0.4) is 0 Å². The maximum Gasteiger partial charge on any atom is 0.256 e. The van der Waals surface area contributed by atoms with Crippen molar-refractivity contribution in [1.29, 1.82) is 0 Å². The standard InChI is InChI=1S/C19H15N3O2S2/c1-11-17(25-10-21-11)9-20-18(23)12-6-7-16-14(8-12)22-19(24)13-4-2-3-5-15(13)26-16/h2-8,10H,9H2,1H3,(H,20,23)(H,22,24). The van der Waals surface area contributed by atoms with Crippen LogP contribution in [0.2, 0.25) is 0 Å². The van der Waals surface area contributed by atoms with Gasteiger partial charge in [0.1, 0.15) is 0 Å². The average Bonchev–Trinajstić information content (AvgIpc) is 2.99. The lowest BCUT2D eigenvalue weighted by Gasteiger charge is -2.09. The molecule has 1 aromatic heterocycles. The van der Waals surface area contributed by atoms with Gasteiger partial charge in [0.25, 0.3) is 11.8 Å². The Morgan fingerprint density at radius 1 is 1.19 bits per heavy atom. The minimum absolute atomic E-state index is 0.162. The third-order valence-corrected chi connectivity index (χ3v) is 6.18. The zero-order chi connectivity index (χ0) is 18.1. The van der Waals surface area contributed by atoms with E-state index in [2.05, 4.69) is 15.6 Å². The van der Waals surface area contributed by atoms with Gasteiger partial charge >= 0.3 is 0 Å². The quantitative estimate of drug-likeness (QED) is 0.717. The van der Waals surface area contributed by atoms with Gasteiger partial charge in [-0.2, -0.15) is 0 Å². The Balaban J connectivity index is 1.56. The topological polar surface area (TPSA) is 71.1 Å². The Kier molecular flexibility index (Phi) is 4.48. The summed E-state index contributed by atoms with van der Waals surface area (Å²) in [7, 11) is 0. The molecule has 0 radical (unpaired) electrons. The molecule has 2 heterocycles. The molecule has 1 aliphatic rings. The van der Waals surface area contributed by atoms with E-state index in [4.69, 9.17) is 0 Å². The number of aryl methyl sites for hydroxylation is 1. The van der Waals surface area contributed by atoms with Crippen molar-refractivity contribution in [3.63, 3.8) is 0 Å². The molecule has 26 heavy (non-hydrogen) atoms. The molecule has 0 fully saturated rings. The zero-order valence-corrected chi connectivity index (χ0v) is 15.5. The van der Waals surface area contributed by atoms with Gasteiger partial charge in [0.05, 0.1) is 29.0 Å². The van der Waals surface area contributed by atoms with Crippen molar-refractivity contribution in [2.45, 2.75) is 23.3 Å². The first kappa shape index (κ1) is 16.8. The monoisotopic (exact) mass is 381 g/mol. The molecule has 0 saturated heterocycles. The number of rotatable bonds is 3. The lowest BCUT2D eigenvalue weighted by atomic mass is 10.1. The fraction of sp³-hybridized carbons (Fsp3) is 0.105. The molecule has 3 aromatic rings. The van der Waals surface area contributed by atoms with Crippen LogP contribution in [0.5, 0.6) is 0 Å². The van der Waals surface area contributed by atoms with Gasteiger partial charge in [0.2, 0.25) is 0 Å². The summed E-state index contributed by atoms with van der Waals surface area (Å²) in [6, 6.07) is 12.8. The molecule has 2 amide bonds. The number of benzene rings is 2. The van der Waals surface area contributed by atoms with Gasteiger partial charge in [0.15, 0.2) is 0 Å². The lowest BCUT2D eigenvalue weighted by molar-refractivity contribution is 0.0949. The Labute approximate surface area is 158 Å². The molecule has 5 nitrogen and oxygen atoms in total. The van der Waals surface area contributed by atoms with Crippen molar-refractivity contribution in [3.05, 3.63) is 69.7 Å². The van der Waals surface area contributed by atoms with E-state index in [1.807, 2.05) is 31.2 Å². The van der Waals surface area contributed by atoms with Crippen LogP contribution in [-0.2, 0) is 6.54 Å². The first-order chi connectivity index (χ1) is 12.6. The van der Waals surface area contributed by atoms with Crippen molar-refractivity contribution < 1.29 is 9.59 Å². The van der Waals surface area contributed by atoms with Gasteiger partial charge in [-0.05, 0) is 37.3 Å². The number of nitrogens with zero attached hydrogens (tertiary/aromatic N) is 1. The number of nitrogens with one attached hydrogen (secondary N) is 2. The summed E-state index contributed by atoms with van der Waals surface area (Å²) < 4.78 is 0. The second kappa shape index (κ2) is 6.93. The Morgan fingerprint density at radius 3 is 2.85 bits per heavy atom. The van der Waals surface area contributed by atoms with Crippen LogP contribution in [0.1, 0.15) is 31.3 Å². The number of aromatic nitrogens is 1. The van der Waals surface area contributed by atoms with Crippen molar-refractivity contribution in [2.75, 3.05) is 5.32 Å². The van der Waals surface area contributed by atoms with Gasteiger partial charge in [-0.15, -0.1) is 11.3 Å². The van der Waals surface area contributed by atoms with Gasteiger partial charge in [-0.1, -0.05) is 23.9 Å². The largest absolute Gasteiger partial charge is 0.347 e. The number of carbonyl (C=O) groups excluding carboxylic acids is 2. The number of fused-ring (bicyclic) bond motifs is 2. The number of hydrogen-bond donors (Lipinski definition) is 2. The zero-order valence-electron chi connectivity index (χ0n) is 13.9. The highest BCUT2D eigenvalue weighted by Gasteiger charge is 2.20. The van der Waals surface area contributed by atoms with Gasteiger partial charge in [-0.25, -0.2) is 4.98 Å². The van der Waals surface area contributed by atoms with Crippen LogP contribution in [0, 0.1) is 6.92 Å². The van der Waals surface area contributed by atoms with Crippen molar-refractivity contribution in [3.8, 4) is 0 Å². The number of carbonyl (C=O) groups is 2. The molecule has 0 aliphatic carbocycles. The van der Waals surface area contributed by atoms with Gasteiger partial charge < -0.3 is 10.6 Å². The molecule has 0 unspecified atom stereocenters. The molecule has 7 heteroatoms. The molecule has 1 aliphatic heterocycles. The third-order valence-electron chi connectivity index (χ3n) is 4.10. The van der Waals surface area contributed by atoms with Crippen molar-refractivity contribution in [2.24, 2.45) is 0 Å².